The number of aromatic nitrogens is 1. The van der Waals surface area contributed by atoms with Crippen LogP contribution in [0.5, 0.6) is 0 Å². The number of rotatable bonds is 6. The Labute approximate surface area is 101 Å². The molecular formula is C12H20N2OS. The SMILES string of the molecule is CCCNCC1(Cc2cscn2)CCOC1. The van der Waals surface area contributed by atoms with E-state index in [0.717, 1.165) is 39.1 Å². The summed E-state index contributed by atoms with van der Waals surface area (Å²) < 4.78 is 5.58. The van der Waals surface area contributed by atoms with Crippen molar-refractivity contribution in [1.82, 2.24) is 10.3 Å². The van der Waals surface area contributed by atoms with Gasteiger partial charge in [0.05, 0.1) is 17.8 Å². The lowest BCUT2D eigenvalue weighted by molar-refractivity contribution is 0.149. The monoisotopic (exact) mass is 240 g/mol. The molecule has 2 rings (SSSR count). The lowest BCUT2D eigenvalue weighted by Crippen LogP contribution is -2.37. The highest BCUT2D eigenvalue weighted by atomic mass is 32.1. The lowest BCUT2D eigenvalue weighted by Gasteiger charge is -2.26. The van der Waals surface area contributed by atoms with Crippen LogP contribution in [0.1, 0.15) is 25.5 Å². The zero-order chi connectivity index (χ0) is 11.3. The van der Waals surface area contributed by atoms with Gasteiger partial charge in [-0.15, -0.1) is 11.3 Å². The van der Waals surface area contributed by atoms with Gasteiger partial charge in [-0.2, -0.15) is 0 Å². The number of ether oxygens (including phenoxy) is 1. The summed E-state index contributed by atoms with van der Waals surface area (Å²) in [4.78, 5) is 4.39. The highest BCUT2D eigenvalue weighted by Crippen LogP contribution is 2.31. The van der Waals surface area contributed by atoms with Crippen LogP contribution < -0.4 is 5.32 Å². The van der Waals surface area contributed by atoms with Crippen LogP contribution in [0.4, 0.5) is 0 Å². The normalized spacial score (nSPS) is 25.1. The molecule has 0 saturated carbocycles. The summed E-state index contributed by atoms with van der Waals surface area (Å²) in [5.41, 5.74) is 3.41. The van der Waals surface area contributed by atoms with Gasteiger partial charge >= 0.3 is 0 Å². The Morgan fingerprint density at radius 2 is 2.56 bits per heavy atom. The van der Waals surface area contributed by atoms with E-state index in [4.69, 9.17) is 4.74 Å². The minimum absolute atomic E-state index is 0.281. The van der Waals surface area contributed by atoms with E-state index in [1.807, 2.05) is 5.51 Å². The second kappa shape index (κ2) is 5.75. The van der Waals surface area contributed by atoms with E-state index in [-0.39, 0.29) is 5.41 Å². The van der Waals surface area contributed by atoms with E-state index in [1.165, 1.54) is 12.1 Å². The van der Waals surface area contributed by atoms with Gasteiger partial charge in [0.15, 0.2) is 0 Å². The zero-order valence-corrected chi connectivity index (χ0v) is 10.7. The number of hydrogen-bond donors (Lipinski definition) is 1. The standard InChI is InChI=1S/C12H20N2OS/c1-2-4-13-8-12(3-5-15-9-12)6-11-7-16-10-14-11/h7,10,13H,2-6,8-9H2,1H3. The summed E-state index contributed by atoms with van der Waals surface area (Å²) in [5.74, 6) is 0. The molecule has 0 aromatic carbocycles. The van der Waals surface area contributed by atoms with Crippen LogP contribution in [-0.4, -0.2) is 31.3 Å². The molecule has 1 unspecified atom stereocenters. The van der Waals surface area contributed by atoms with Gasteiger partial charge in [-0.25, -0.2) is 4.98 Å². The molecule has 90 valence electrons. The molecule has 3 nitrogen and oxygen atoms in total. The predicted molar refractivity (Wildman–Crippen MR) is 66.8 cm³/mol. The van der Waals surface area contributed by atoms with Crippen molar-refractivity contribution in [3.05, 3.63) is 16.6 Å². The quantitative estimate of drug-likeness (QED) is 0.773. The summed E-state index contributed by atoms with van der Waals surface area (Å²) >= 11 is 1.68. The van der Waals surface area contributed by atoms with Crippen molar-refractivity contribution in [2.24, 2.45) is 5.41 Å². The molecule has 1 aliphatic heterocycles. The highest BCUT2D eigenvalue weighted by Gasteiger charge is 2.35. The van der Waals surface area contributed by atoms with Gasteiger partial charge in [-0.1, -0.05) is 6.92 Å². The number of nitrogens with zero attached hydrogens (tertiary/aromatic N) is 1. The van der Waals surface area contributed by atoms with Crippen LogP contribution in [0.2, 0.25) is 0 Å². The number of thiazole rings is 1. The Hall–Kier alpha value is -0.450. The third-order valence-corrected chi connectivity index (χ3v) is 3.79. The molecule has 1 fully saturated rings. The molecule has 1 aromatic heterocycles. The minimum atomic E-state index is 0.281. The summed E-state index contributed by atoms with van der Waals surface area (Å²) in [6, 6.07) is 0. The Bertz CT molecular complexity index is 294. The van der Waals surface area contributed by atoms with Crippen molar-refractivity contribution in [2.45, 2.75) is 26.2 Å². The maximum Gasteiger partial charge on any atom is 0.0794 e. The first-order valence-electron chi connectivity index (χ1n) is 6.00. The third-order valence-electron chi connectivity index (χ3n) is 3.15. The van der Waals surface area contributed by atoms with Crippen molar-refractivity contribution in [3.63, 3.8) is 0 Å². The maximum absolute atomic E-state index is 5.58. The molecule has 4 heteroatoms. The van der Waals surface area contributed by atoms with E-state index >= 15 is 0 Å². The molecule has 1 aliphatic rings. The molecule has 2 heterocycles. The molecule has 0 spiro atoms. The largest absolute Gasteiger partial charge is 0.381 e. The second-order valence-corrected chi connectivity index (χ2v) is 5.35. The smallest absolute Gasteiger partial charge is 0.0794 e. The van der Waals surface area contributed by atoms with Gasteiger partial charge in [0, 0.05) is 23.9 Å². The predicted octanol–water partition coefficient (Wildman–Crippen LogP) is 2.09. The molecule has 1 N–H and O–H groups in total. The Morgan fingerprint density at radius 1 is 1.62 bits per heavy atom. The van der Waals surface area contributed by atoms with Gasteiger partial charge in [0.2, 0.25) is 0 Å². The Morgan fingerprint density at radius 3 is 3.19 bits per heavy atom. The van der Waals surface area contributed by atoms with Crippen molar-refractivity contribution < 1.29 is 4.74 Å². The van der Waals surface area contributed by atoms with Gasteiger partial charge < -0.3 is 10.1 Å². The molecule has 0 amide bonds. The third kappa shape index (κ3) is 3.03. The number of nitrogens with one attached hydrogen (secondary N) is 1. The van der Waals surface area contributed by atoms with Crippen LogP contribution >= 0.6 is 11.3 Å². The van der Waals surface area contributed by atoms with Crippen LogP contribution in [0.3, 0.4) is 0 Å². The first-order chi connectivity index (χ1) is 7.85. The van der Waals surface area contributed by atoms with Crippen molar-refractivity contribution in [1.29, 1.82) is 0 Å². The van der Waals surface area contributed by atoms with E-state index in [2.05, 4.69) is 22.6 Å². The van der Waals surface area contributed by atoms with E-state index in [9.17, 15) is 0 Å². The van der Waals surface area contributed by atoms with Crippen LogP contribution in [-0.2, 0) is 11.2 Å². The average molecular weight is 240 g/mol. The van der Waals surface area contributed by atoms with E-state index < -0.39 is 0 Å². The fourth-order valence-corrected chi connectivity index (χ4v) is 2.79. The summed E-state index contributed by atoms with van der Waals surface area (Å²) in [5, 5.41) is 5.68. The van der Waals surface area contributed by atoms with E-state index in [0.29, 0.717) is 0 Å². The van der Waals surface area contributed by atoms with Crippen LogP contribution in [0, 0.1) is 5.41 Å². The average Bonchev–Trinajstić information content (AvgIpc) is 2.91. The molecule has 0 aliphatic carbocycles. The molecule has 0 bridgehead atoms. The first-order valence-corrected chi connectivity index (χ1v) is 6.94. The maximum atomic E-state index is 5.58. The summed E-state index contributed by atoms with van der Waals surface area (Å²) in [6.07, 6.45) is 3.39. The molecule has 16 heavy (non-hydrogen) atoms. The molecule has 1 atom stereocenters. The van der Waals surface area contributed by atoms with Gasteiger partial charge in [-0.05, 0) is 25.8 Å². The van der Waals surface area contributed by atoms with Crippen molar-refractivity contribution in [3.8, 4) is 0 Å². The summed E-state index contributed by atoms with van der Waals surface area (Å²) in [7, 11) is 0. The molecular weight excluding hydrogens is 220 g/mol. The van der Waals surface area contributed by atoms with Gasteiger partial charge in [-0.3, -0.25) is 0 Å². The van der Waals surface area contributed by atoms with Crippen LogP contribution in [0.15, 0.2) is 10.9 Å². The van der Waals surface area contributed by atoms with Crippen molar-refractivity contribution >= 4 is 11.3 Å². The van der Waals surface area contributed by atoms with Gasteiger partial charge in [0.25, 0.3) is 0 Å². The van der Waals surface area contributed by atoms with Crippen LogP contribution in [0.25, 0.3) is 0 Å². The highest BCUT2D eigenvalue weighted by molar-refractivity contribution is 7.07. The molecule has 1 saturated heterocycles. The van der Waals surface area contributed by atoms with E-state index in [1.54, 1.807) is 11.3 Å². The lowest BCUT2D eigenvalue weighted by atomic mass is 9.82. The first kappa shape index (κ1) is 12.0. The summed E-state index contributed by atoms with van der Waals surface area (Å²) in [6.45, 7) is 6.13. The fourth-order valence-electron chi connectivity index (χ4n) is 2.23. The zero-order valence-electron chi connectivity index (χ0n) is 9.87. The topological polar surface area (TPSA) is 34.2 Å². The molecule has 0 radical (unpaired) electrons. The Balaban J connectivity index is 1.92. The Kier molecular flexibility index (Phi) is 4.32. The minimum Gasteiger partial charge on any atom is -0.381 e. The fraction of sp³-hybridized carbons (Fsp3) is 0.750. The van der Waals surface area contributed by atoms with Gasteiger partial charge in [0.1, 0.15) is 0 Å². The van der Waals surface area contributed by atoms with Crippen molar-refractivity contribution in [2.75, 3.05) is 26.3 Å². The second-order valence-electron chi connectivity index (χ2n) is 4.64. The molecule has 1 aromatic rings. The number of hydrogen-bond acceptors (Lipinski definition) is 4.